The zero-order valence-electron chi connectivity index (χ0n) is 11.9. The molecular weight excluding hydrogens is 254 g/mol. The van der Waals surface area contributed by atoms with E-state index in [2.05, 4.69) is 4.98 Å². The van der Waals surface area contributed by atoms with Gasteiger partial charge in [0.15, 0.2) is 11.5 Å². The van der Waals surface area contributed by atoms with Gasteiger partial charge >= 0.3 is 0 Å². The number of hydrogen-bond acceptors (Lipinski definition) is 5. The van der Waals surface area contributed by atoms with Gasteiger partial charge < -0.3 is 20.9 Å². The number of aromatic nitrogens is 1. The van der Waals surface area contributed by atoms with E-state index < -0.39 is 0 Å². The normalized spacial score (nSPS) is 12.0. The van der Waals surface area contributed by atoms with Crippen molar-refractivity contribution in [2.75, 3.05) is 20.0 Å². The number of anilines is 1. The van der Waals surface area contributed by atoms with E-state index in [0.717, 1.165) is 16.7 Å². The summed E-state index contributed by atoms with van der Waals surface area (Å²) in [5, 5.41) is 0. The zero-order valence-corrected chi connectivity index (χ0v) is 11.9. The number of methoxy groups -OCH3 is 2. The van der Waals surface area contributed by atoms with Crippen molar-refractivity contribution in [3.05, 3.63) is 47.2 Å². The molecule has 1 heterocycles. The van der Waals surface area contributed by atoms with Crippen molar-refractivity contribution < 1.29 is 9.47 Å². The highest BCUT2D eigenvalue weighted by Crippen LogP contribution is 2.33. The molecule has 1 atom stereocenters. The summed E-state index contributed by atoms with van der Waals surface area (Å²) >= 11 is 0. The Morgan fingerprint density at radius 3 is 2.40 bits per heavy atom. The van der Waals surface area contributed by atoms with Crippen molar-refractivity contribution in [3.63, 3.8) is 0 Å². The number of pyridine rings is 1. The van der Waals surface area contributed by atoms with Crippen molar-refractivity contribution in [3.8, 4) is 11.5 Å². The van der Waals surface area contributed by atoms with Gasteiger partial charge in [0.25, 0.3) is 0 Å². The number of nitrogens with zero attached hydrogens (tertiary/aromatic N) is 1. The van der Waals surface area contributed by atoms with Crippen molar-refractivity contribution in [2.45, 2.75) is 13.0 Å². The third-order valence-corrected chi connectivity index (χ3v) is 3.32. The quantitative estimate of drug-likeness (QED) is 0.890. The third kappa shape index (κ3) is 2.53. The van der Waals surface area contributed by atoms with Crippen LogP contribution in [0.25, 0.3) is 0 Å². The molecule has 4 N–H and O–H groups in total. The Balaban J connectivity index is 2.46. The molecule has 2 aromatic rings. The Morgan fingerprint density at radius 1 is 1.10 bits per heavy atom. The smallest absolute Gasteiger partial charge is 0.161 e. The minimum absolute atomic E-state index is 0.358. The fourth-order valence-electron chi connectivity index (χ4n) is 2.21. The second-order valence-electron chi connectivity index (χ2n) is 4.52. The summed E-state index contributed by atoms with van der Waals surface area (Å²) in [6, 6.07) is 7.12. The molecule has 0 radical (unpaired) electrons. The average Bonchev–Trinajstić information content (AvgIpc) is 2.46. The van der Waals surface area contributed by atoms with Gasteiger partial charge in [-0.05, 0) is 36.2 Å². The molecule has 106 valence electrons. The number of nitrogen functional groups attached to an aromatic ring is 1. The van der Waals surface area contributed by atoms with E-state index in [1.807, 2.05) is 31.2 Å². The lowest BCUT2D eigenvalue weighted by Crippen LogP contribution is -2.16. The Labute approximate surface area is 118 Å². The van der Waals surface area contributed by atoms with Crippen molar-refractivity contribution in [2.24, 2.45) is 5.73 Å². The maximum atomic E-state index is 6.32. The van der Waals surface area contributed by atoms with Gasteiger partial charge in [0.05, 0.1) is 20.3 Å². The SMILES string of the molecule is COc1ccc(C(N)c2c(C)ccnc2N)cc1OC. The van der Waals surface area contributed by atoms with E-state index in [1.165, 1.54) is 0 Å². The Morgan fingerprint density at radius 2 is 1.80 bits per heavy atom. The van der Waals surface area contributed by atoms with Crippen LogP contribution < -0.4 is 20.9 Å². The lowest BCUT2D eigenvalue weighted by Gasteiger charge is -2.18. The maximum Gasteiger partial charge on any atom is 0.161 e. The van der Waals surface area contributed by atoms with Gasteiger partial charge in [0, 0.05) is 11.8 Å². The van der Waals surface area contributed by atoms with Crippen molar-refractivity contribution >= 4 is 5.82 Å². The number of rotatable bonds is 4. The molecule has 0 saturated carbocycles. The summed E-state index contributed by atoms with van der Waals surface area (Å²) in [5.74, 6) is 1.76. The first kappa shape index (κ1) is 14.1. The van der Waals surface area contributed by atoms with E-state index >= 15 is 0 Å². The summed E-state index contributed by atoms with van der Waals surface area (Å²) in [6.07, 6.45) is 1.68. The maximum absolute atomic E-state index is 6.32. The fraction of sp³-hybridized carbons (Fsp3) is 0.267. The highest BCUT2D eigenvalue weighted by molar-refractivity contribution is 5.52. The number of ether oxygens (including phenoxy) is 2. The van der Waals surface area contributed by atoms with Gasteiger partial charge in [-0.3, -0.25) is 0 Å². The van der Waals surface area contributed by atoms with Crippen molar-refractivity contribution in [1.29, 1.82) is 0 Å². The van der Waals surface area contributed by atoms with Gasteiger partial charge in [0.2, 0.25) is 0 Å². The second kappa shape index (κ2) is 5.79. The van der Waals surface area contributed by atoms with Gasteiger partial charge in [-0.15, -0.1) is 0 Å². The molecule has 0 bridgehead atoms. The van der Waals surface area contributed by atoms with Gasteiger partial charge in [0.1, 0.15) is 5.82 Å². The molecule has 5 heteroatoms. The summed E-state index contributed by atoms with van der Waals surface area (Å²) in [4.78, 5) is 4.10. The van der Waals surface area contributed by atoms with E-state index in [0.29, 0.717) is 17.3 Å². The first-order valence-electron chi connectivity index (χ1n) is 6.27. The summed E-state index contributed by atoms with van der Waals surface area (Å²) < 4.78 is 10.5. The molecule has 0 fully saturated rings. The van der Waals surface area contributed by atoms with Crippen LogP contribution in [-0.2, 0) is 0 Å². The summed E-state index contributed by atoms with van der Waals surface area (Å²) in [6.45, 7) is 1.97. The lowest BCUT2D eigenvalue weighted by molar-refractivity contribution is 0.354. The minimum atomic E-state index is -0.358. The van der Waals surface area contributed by atoms with Crippen molar-refractivity contribution in [1.82, 2.24) is 4.98 Å². The average molecular weight is 273 g/mol. The minimum Gasteiger partial charge on any atom is -0.493 e. The Kier molecular flexibility index (Phi) is 4.10. The largest absolute Gasteiger partial charge is 0.493 e. The standard InChI is InChI=1S/C15H19N3O2/c1-9-6-7-18-15(17)13(9)14(16)10-4-5-11(19-2)12(8-10)20-3/h4-8,14H,16H2,1-3H3,(H2,17,18). The number of hydrogen-bond donors (Lipinski definition) is 2. The summed E-state index contributed by atoms with van der Waals surface area (Å²) in [7, 11) is 3.19. The van der Waals surface area contributed by atoms with E-state index in [1.54, 1.807) is 20.4 Å². The number of nitrogens with two attached hydrogens (primary N) is 2. The molecule has 1 aromatic heterocycles. The van der Waals surface area contributed by atoms with E-state index in [9.17, 15) is 0 Å². The molecule has 0 aliphatic rings. The fourth-order valence-corrected chi connectivity index (χ4v) is 2.21. The molecule has 0 saturated heterocycles. The molecule has 0 amide bonds. The molecule has 20 heavy (non-hydrogen) atoms. The van der Waals surface area contributed by atoms with E-state index in [-0.39, 0.29) is 6.04 Å². The lowest BCUT2D eigenvalue weighted by atomic mass is 9.96. The number of benzene rings is 1. The van der Waals surface area contributed by atoms with Gasteiger partial charge in [-0.1, -0.05) is 6.07 Å². The van der Waals surface area contributed by atoms with Crippen LogP contribution in [0.15, 0.2) is 30.5 Å². The molecule has 0 aliphatic heterocycles. The van der Waals surface area contributed by atoms with Crippen LogP contribution in [0.5, 0.6) is 11.5 Å². The van der Waals surface area contributed by atoms with Gasteiger partial charge in [-0.25, -0.2) is 4.98 Å². The monoisotopic (exact) mass is 273 g/mol. The van der Waals surface area contributed by atoms with Crippen LogP contribution in [0.1, 0.15) is 22.7 Å². The van der Waals surface area contributed by atoms with Gasteiger partial charge in [-0.2, -0.15) is 0 Å². The molecular formula is C15H19N3O2. The Hall–Kier alpha value is -2.27. The van der Waals surface area contributed by atoms with Crippen LogP contribution in [0.4, 0.5) is 5.82 Å². The summed E-state index contributed by atoms with van der Waals surface area (Å²) in [5.41, 5.74) is 15.0. The number of aryl methyl sites for hydroxylation is 1. The second-order valence-corrected chi connectivity index (χ2v) is 4.52. The molecule has 0 spiro atoms. The molecule has 0 aliphatic carbocycles. The first-order chi connectivity index (χ1) is 9.58. The topological polar surface area (TPSA) is 83.4 Å². The highest BCUT2D eigenvalue weighted by atomic mass is 16.5. The van der Waals surface area contributed by atoms with Crippen LogP contribution in [0.3, 0.4) is 0 Å². The van der Waals surface area contributed by atoms with Crippen LogP contribution >= 0.6 is 0 Å². The molecule has 1 unspecified atom stereocenters. The predicted molar refractivity (Wildman–Crippen MR) is 79.0 cm³/mol. The predicted octanol–water partition coefficient (Wildman–Crippen LogP) is 2.04. The molecule has 2 rings (SSSR count). The van der Waals surface area contributed by atoms with Crippen LogP contribution in [0.2, 0.25) is 0 Å². The highest BCUT2D eigenvalue weighted by Gasteiger charge is 2.17. The van der Waals surface area contributed by atoms with Crippen LogP contribution in [0, 0.1) is 6.92 Å². The third-order valence-electron chi connectivity index (χ3n) is 3.32. The molecule has 5 nitrogen and oxygen atoms in total. The molecule has 1 aromatic carbocycles. The van der Waals surface area contributed by atoms with E-state index in [4.69, 9.17) is 20.9 Å². The Bertz CT molecular complexity index is 594. The first-order valence-corrected chi connectivity index (χ1v) is 6.27. The zero-order chi connectivity index (χ0) is 14.7. The van der Waals surface area contributed by atoms with Crippen LogP contribution in [-0.4, -0.2) is 19.2 Å².